The van der Waals surface area contributed by atoms with Gasteiger partial charge < -0.3 is 69.0 Å². The van der Waals surface area contributed by atoms with Crippen molar-refractivity contribution in [1.82, 2.24) is 26.6 Å². The number of ether oxygens (including phenoxy) is 6. The third kappa shape index (κ3) is 24.8. The summed E-state index contributed by atoms with van der Waals surface area (Å²) in [5.74, 6) is -2.83. The molecule has 19 nitrogen and oxygen atoms in total. The van der Waals surface area contributed by atoms with Crippen molar-refractivity contribution in [3.8, 4) is 0 Å². The molecule has 1 aliphatic carbocycles. The zero-order valence-electron chi connectivity index (χ0n) is 33.2. The standard InChI is InChI=1S/C35H66N5O14P.CH4/c1-26(2)55(46,47)54-28-8-6-27(7-9-28)33(43)40-30(35(45)38-16-19-53-25-22-50-5)11-13-32(42)39-29(34(44)37-15-18-52-24-21-49-4)10-12-31(41)36-14-17-51-23-20-48-3;/h26-30H,6-25H2,1-5H3,(H,36,41)(H,37,44)(H,38,45)(H,39,42)(H,40,43)(H,46,47);1H4/p-1. The molecule has 20 heteroatoms. The van der Waals surface area contributed by atoms with Crippen LogP contribution in [0.5, 0.6) is 0 Å². The van der Waals surface area contributed by atoms with Crippen molar-refractivity contribution < 1.29 is 66.4 Å². The van der Waals surface area contributed by atoms with Gasteiger partial charge in [0.1, 0.15) is 19.7 Å². The molecule has 0 saturated heterocycles. The highest BCUT2D eigenvalue weighted by atomic mass is 31.2. The van der Waals surface area contributed by atoms with Gasteiger partial charge in [0.15, 0.2) is 0 Å². The highest BCUT2D eigenvalue weighted by Crippen LogP contribution is 2.46. The summed E-state index contributed by atoms with van der Waals surface area (Å²) in [5.41, 5.74) is -0.660. The van der Waals surface area contributed by atoms with Crippen LogP contribution in [0.25, 0.3) is 0 Å². The fourth-order valence-corrected chi connectivity index (χ4v) is 6.10. The second-order valence-electron chi connectivity index (χ2n) is 13.2. The number of rotatable bonds is 32. The summed E-state index contributed by atoms with van der Waals surface area (Å²) < 4.78 is 48.5. The molecule has 1 fully saturated rings. The van der Waals surface area contributed by atoms with Gasteiger partial charge >= 0.3 is 0 Å². The lowest BCUT2D eigenvalue weighted by Crippen LogP contribution is -2.51. The maximum atomic E-state index is 13.3. The average Bonchev–Trinajstić information content (AvgIpc) is 3.15. The highest BCUT2D eigenvalue weighted by Gasteiger charge is 2.32. The van der Waals surface area contributed by atoms with E-state index in [0.717, 1.165) is 0 Å². The van der Waals surface area contributed by atoms with Gasteiger partial charge in [-0.05, 0) is 38.5 Å². The zero-order chi connectivity index (χ0) is 40.9. The Hall–Kier alpha value is -2.74. The zero-order valence-corrected chi connectivity index (χ0v) is 34.1. The smallest absolute Gasteiger partial charge is 0.242 e. The molecule has 5 N–H and O–H groups in total. The van der Waals surface area contributed by atoms with Gasteiger partial charge in [0.25, 0.3) is 0 Å². The van der Waals surface area contributed by atoms with E-state index in [1.807, 2.05) is 0 Å². The molecule has 0 aromatic rings. The minimum Gasteiger partial charge on any atom is -0.778 e. The number of hydrogen-bond acceptors (Lipinski definition) is 14. The van der Waals surface area contributed by atoms with Gasteiger partial charge in [-0.25, -0.2) is 0 Å². The van der Waals surface area contributed by atoms with Crippen LogP contribution < -0.4 is 31.5 Å². The van der Waals surface area contributed by atoms with E-state index in [2.05, 4.69) is 26.6 Å². The van der Waals surface area contributed by atoms with Crippen LogP contribution in [0.1, 0.15) is 72.6 Å². The summed E-state index contributed by atoms with van der Waals surface area (Å²) in [7, 11) is 0.618. The first-order chi connectivity index (χ1) is 26.3. The van der Waals surface area contributed by atoms with Gasteiger partial charge in [0.2, 0.25) is 29.5 Å². The van der Waals surface area contributed by atoms with Crippen LogP contribution in [0.3, 0.4) is 0 Å². The summed E-state index contributed by atoms with van der Waals surface area (Å²) in [4.78, 5) is 77.6. The van der Waals surface area contributed by atoms with Gasteiger partial charge in [-0.2, -0.15) is 0 Å². The largest absolute Gasteiger partial charge is 0.778 e. The Morgan fingerprint density at radius 2 is 1.05 bits per heavy atom. The number of amides is 5. The van der Waals surface area contributed by atoms with Crippen LogP contribution in [0.2, 0.25) is 0 Å². The second kappa shape index (κ2) is 32.2. The molecule has 1 saturated carbocycles. The lowest BCUT2D eigenvalue weighted by Gasteiger charge is -2.35. The predicted octanol–water partition coefficient (Wildman–Crippen LogP) is 0.0273. The minimum absolute atomic E-state index is 0. The first kappa shape index (κ1) is 53.3. The summed E-state index contributed by atoms with van der Waals surface area (Å²) in [6, 6.07) is -2.17. The van der Waals surface area contributed by atoms with E-state index in [0.29, 0.717) is 65.3 Å². The molecule has 3 unspecified atom stereocenters. The molecule has 0 heterocycles. The Labute approximate surface area is 332 Å². The van der Waals surface area contributed by atoms with Crippen LogP contribution in [-0.4, -0.2) is 154 Å². The van der Waals surface area contributed by atoms with E-state index in [1.54, 1.807) is 28.1 Å². The van der Waals surface area contributed by atoms with Crippen molar-refractivity contribution in [3.63, 3.8) is 0 Å². The summed E-state index contributed by atoms with van der Waals surface area (Å²) in [5, 5.41) is 13.6. The Balaban J connectivity index is 0.0000302. The van der Waals surface area contributed by atoms with E-state index in [-0.39, 0.29) is 78.5 Å². The number of carbonyl (C=O) groups excluding carboxylic acids is 5. The maximum absolute atomic E-state index is 13.3. The Kier molecular flexibility index (Phi) is 30.7. The quantitative estimate of drug-likeness (QED) is 0.0444. The molecule has 0 aromatic carbocycles. The minimum atomic E-state index is -4.02. The average molecular weight is 827 g/mol. The predicted molar refractivity (Wildman–Crippen MR) is 206 cm³/mol. The molecule has 0 aliphatic heterocycles. The first-order valence-electron chi connectivity index (χ1n) is 19.0. The van der Waals surface area contributed by atoms with Crippen LogP contribution in [0.4, 0.5) is 0 Å². The monoisotopic (exact) mass is 826 g/mol. The van der Waals surface area contributed by atoms with Gasteiger partial charge in [0, 0.05) is 65.4 Å². The fraction of sp³-hybridized carbons (Fsp3) is 0.861. The van der Waals surface area contributed by atoms with Gasteiger partial charge in [-0.15, -0.1) is 0 Å². The van der Waals surface area contributed by atoms with E-state index < -0.39 is 61.0 Å². The number of methoxy groups -OCH3 is 3. The van der Waals surface area contributed by atoms with Crippen molar-refractivity contribution >= 4 is 37.1 Å². The summed E-state index contributed by atoms with van der Waals surface area (Å²) in [6.45, 7) is 6.60. The lowest BCUT2D eigenvalue weighted by atomic mass is 9.86. The van der Waals surface area contributed by atoms with E-state index in [9.17, 15) is 33.4 Å². The van der Waals surface area contributed by atoms with E-state index in [1.165, 1.54) is 7.11 Å². The number of carbonyl (C=O) groups is 5. The van der Waals surface area contributed by atoms with Crippen LogP contribution in [0, 0.1) is 5.92 Å². The van der Waals surface area contributed by atoms with Crippen molar-refractivity contribution in [2.75, 3.05) is 100 Å². The Bertz CT molecular complexity index is 1160. The highest BCUT2D eigenvalue weighted by molar-refractivity contribution is 7.52. The van der Waals surface area contributed by atoms with Gasteiger partial charge in [-0.3, -0.25) is 24.0 Å². The SMILES string of the molecule is C.COCCOCCNC(=O)CCC(NC(=O)CCC(NC(=O)C1CCC(OP(=O)([O-])C(C)C)CC1)C(=O)NCCOCCOC)C(=O)NCCOCCOC. The van der Waals surface area contributed by atoms with Crippen molar-refractivity contribution in [1.29, 1.82) is 0 Å². The molecule has 1 rings (SSSR count). The van der Waals surface area contributed by atoms with Crippen molar-refractivity contribution in [2.24, 2.45) is 5.92 Å². The molecule has 328 valence electrons. The topological polar surface area (TPSA) is 250 Å². The van der Waals surface area contributed by atoms with Crippen LogP contribution in [0.15, 0.2) is 0 Å². The van der Waals surface area contributed by atoms with E-state index >= 15 is 0 Å². The second-order valence-corrected chi connectivity index (χ2v) is 15.5. The molecule has 3 atom stereocenters. The molecule has 1 aliphatic rings. The van der Waals surface area contributed by atoms with Gasteiger partial charge in [0.05, 0.1) is 65.6 Å². The molecular formula is C36H69N5O14P-. The molecule has 0 spiro atoms. The maximum Gasteiger partial charge on any atom is 0.242 e. The number of nitrogens with one attached hydrogen (secondary N) is 5. The summed E-state index contributed by atoms with van der Waals surface area (Å²) >= 11 is 0. The normalized spacial score (nSPS) is 17.5. The van der Waals surface area contributed by atoms with Crippen LogP contribution >= 0.6 is 7.60 Å². The molecular weight excluding hydrogens is 757 g/mol. The van der Waals surface area contributed by atoms with Crippen molar-refractivity contribution in [3.05, 3.63) is 0 Å². The Morgan fingerprint density at radius 3 is 1.50 bits per heavy atom. The molecule has 5 amide bonds. The molecule has 56 heavy (non-hydrogen) atoms. The molecule has 0 aromatic heterocycles. The van der Waals surface area contributed by atoms with E-state index in [4.69, 9.17) is 32.9 Å². The van der Waals surface area contributed by atoms with Crippen LogP contribution in [-0.2, 0) is 61.5 Å². The first-order valence-corrected chi connectivity index (χ1v) is 20.6. The molecule has 0 bridgehead atoms. The van der Waals surface area contributed by atoms with Gasteiger partial charge in [-0.1, -0.05) is 21.3 Å². The van der Waals surface area contributed by atoms with Crippen molar-refractivity contribution in [2.45, 2.75) is 96.5 Å². The Morgan fingerprint density at radius 1 is 0.625 bits per heavy atom. The summed E-state index contributed by atoms with van der Waals surface area (Å²) in [6.07, 6.45) is 0.529. The third-order valence-corrected chi connectivity index (χ3v) is 10.4. The number of hydrogen-bond donors (Lipinski definition) is 5. The third-order valence-electron chi connectivity index (χ3n) is 8.53. The molecule has 0 radical (unpaired) electrons. The lowest BCUT2D eigenvalue weighted by molar-refractivity contribution is -0.205. The fourth-order valence-electron chi connectivity index (χ4n) is 5.23.